The molecule has 0 bridgehead atoms. The van der Waals surface area contributed by atoms with E-state index in [9.17, 15) is 4.79 Å². The first-order valence-electron chi connectivity index (χ1n) is 11.9. The van der Waals surface area contributed by atoms with Crippen molar-refractivity contribution in [3.63, 3.8) is 0 Å². The average Bonchev–Trinajstić information content (AvgIpc) is 3.46. The number of carbonyl (C=O) groups excluding carboxylic acids is 1. The van der Waals surface area contributed by atoms with E-state index in [2.05, 4.69) is 44.1 Å². The number of imidazole rings is 1. The molecule has 6 rings (SSSR count). The highest BCUT2D eigenvalue weighted by molar-refractivity contribution is 5.98. The molecule has 2 aromatic carbocycles. The summed E-state index contributed by atoms with van der Waals surface area (Å²) in [5.74, 6) is 0.621. The maximum Gasteiger partial charge on any atom is 0.340 e. The highest BCUT2D eigenvalue weighted by atomic mass is 16.2. The van der Waals surface area contributed by atoms with Crippen LogP contribution in [0, 0.1) is 6.07 Å². The van der Waals surface area contributed by atoms with Crippen molar-refractivity contribution < 1.29 is 4.79 Å². The van der Waals surface area contributed by atoms with E-state index in [1.807, 2.05) is 6.07 Å². The molecule has 8 heteroatoms. The number of fused-ring (bicyclic) bond motifs is 2. The molecule has 169 valence electrons. The van der Waals surface area contributed by atoms with Crippen LogP contribution in [0.5, 0.6) is 0 Å². The second-order valence-electron chi connectivity index (χ2n) is 9.14. The smallest absolute Gasteiger partial charge is 0.340 e. The third kappa shape index (κ3) is 3.64. The number of hydrogen-bond donors (Lipinski definition) is 2. The van der Waals surface area contributed by atoms with Crippen molar-refractivity contribution in [1.29, 1.82) is 0 Å². The van der Waals surface area contributed by atoms with Crippen molar-refractivity contribution in [3.05, 3.63) is 42.5 Å². The lowest BCUT2D eigenvalue weighted by Gasteiger charge is -2.41. The zero-order chi connectivity index (χ0) is 22.4. The van der Waals surface area contributed by atoms with Crippen LogP contribution in [0.15, 0.2) is 36.4 Å². The molecule has 0 aliphatic carbocycles. The Hall–Kier alpha value is -3.39. The Morgan fingerprint density at radius 1 is 1.09 bits per heavy atom. The van der Waals surface area contributed by atoms with Gasteiger partial charge in [-0.15, -0.1) is 0 Å². The fourth-order valence-electron chi connectivity index (χ4n) is 5.43. The van der Waals surface area contributed by atoms with Gasteiger partial charge >= 0.3 is 6.03 Å². The van der Waals surface area contributed by atoms with Crippen molar-refractivity contribution in [2.24, 2.45) is 5.73 Å². The number of rotatable bonds is 3. The first-order chi connectivity index (χ1) is 16.2. The second-order valence-corrected chi connectivity index (χ2v) is 9.14. The monoisotopic (exact) mass is 442 g/mol. The van der Waals surface area contributed by atoms with Crippen LogP contribution in [0.25, 0.3) is 33.5 Å². The number of anilines is 1. The quantitative estimate of drug-likeness (QED) is 0.504. The van der Waals surface area contributed by atoms with Gasteiger partial charge in [-0.1, -0.05) is 12.5 Å². The number of aromatic nitrogens is 4. The van der Waals surface area contributed by atoms with E-state index in [1.165, 1.54) is 55.6 Å². The molecule has 1 radical (unpaired) electrons. The third-order valence-corrected chi connectivity index (χ3v) is 7.16. The molecule has 1 amide bonds. The minimum atomic E-state index is -0.621. The van der Waals surface area contributed by atoms with Gasteiger partial charge in [0.1, 0.15) is 5.69 Å². The molecule has 2 fully saturated rings. The van der Waals surface area contributed by atoms with Crippen molar-refractivity contribution >= 4 is 33.7 Å². The van der Waals surface area contributed by atoms with Crippen LogP contribution in [0.2, 0.25) is 0 Å². The number of amides is 1. The zero-order valence-corrected chi connectivity index (χ0v) is 18.6. The van der Waals surface area contributed by atoms with E-state index < -0.39 is 6.03 Å². The topological polar surface area (TPSA) is 96.1 Å². The van der Waals surface area contributed by atoms with Crippen molar-refractivity contribution in [3.8, 4) is 11.5 Å². The minimum absolute atomic E-state index is 0.598. The van der Waals surface area contributed by atoms with Crippen LogP contribution in [-0.4, -0.2) is 62.9 Å². The second kappa shape index (κ2) is 8.19. The number of piperidine rings is 2. The zero-order valence-electron chi connectivity index (χ0n) is 18.6. The molecule has 2 aromatic heterocycles. The van der Waals surface area contributed by atoms with Crippen LogP contribution in [0.3, 0.4) is 0 Å². The fourth-order valence-corrected chi connectivity index (χ4v) is 5.43. The fraction of sp³-hybridized carbons (Fsp3) is 0.400. The molecule has 33 heavy (non-hydrogen) atoms. The molecular formula is C25H28N7O. The van der Waals surface area contributed by atoms with Crippen LogP contribution < -0.4 is 10.6 Å². The number of nitrogens with one attached hydrogen (secondary N) is 1. The lowest BCUT2D eigenvalue weighted by Crippen LogP contribution is -2.46. The Morgan fingerprint density at radius 3 is 2.70 bits per heavy atom. The molecule has 0 saturated carbocycles. The van der Waals surface area contributed by atoms with Gasteiger partial charge in [0.05, 0.1) is 16.6 Å². The number of aromatic amines is 1. The van der Waals surface area contributed by atoms with Crippen LogP contribution in [0.4, 0.5) is 10.5 Å². The van der Waals surface area contributed by atoms with Gasteiger partial charge in [-0.2, -0.15) is 9.78 Å². The SMILES string of the molecule is NC(=O)n1nc(-c2nc3ccc(N4CCC(N5CCCCC5)CC4)cc3[nH]2)c2c[c]ccc21. The van der Waals surface area contributed by atoms with Crippen LogP contribution in [0.1, 0.15) is 32.1 Å². The summed E-state index contributed by atoms with van der Waals surface area (Å²) in [6.07, 6.45) is 6.53. The standard InChI is InChI=1S/C25H28N7O/c26-25(33)32-22-7-3-2-6-19(22)23(29-32)24-27-20-9-8-18(16-21(20)28-24)31-14-10-17(11-15-31)30-12-4-1-5-13-30/h3,6-9,16-17H,1,4-5,10-15H2,(H2,26,33)(H,27,28). The summed E-state index contributed by atoms with van der Waals surface area (Å²) < 4.78 is 1.21. The highest BCUT2D eigenvalue weighted by Gasteiger charge is 2.26. The Bertz CT molecular complexity index is 1310. The predicted octanol–water partition coefficient (Wildman–Crippen LogP) is 3.76. The van der Waals surface area contributed by atoms with Gasteiger partial charge < -0.3 is 20.5 Å². The lowest BCUT2D eigenvalue weighted by molar-refractivity contribution is 0.141. The number of hydrogen-bond acceptors (Lipinski definition) is 5. The summed E-state index contributed by atoms with van der Waals surface area (Å²) in [6.45, 7) is 4.70. The van der Waals surface area contributed by atoms with Crippen molar-refractivity contribution in [1.82, 2.24) is 24.6 Å². The summed E-state index contributed by atoms with van der Waals surface area (Å²) in [5.41, 5.74) is 9.82. The summed E-state index contributed by atoms with van der Waals surface area (Å²) >= 11 is 0. The van der Waals surface area contributed by atoms with Crippen LogP contribution in [-0.2, 0) is 0 Å². The molecule has 0 atom stereocenters. The molecule has 4 heterocycles. The Labute approximate surface area is 192 Å². The molecule has 0 unspecified atom stereocenters. The molecule has 8 nitrogen and oxygen atoms in total. The largest absolute Gasteiger partial charge is 0.371 e. The molecule has 3 N–H and O–H groups in total. The van der Waals surface area contributed by atoms with E-state index in [0.717, 1.165) is 35.6 Å². The van der Waals surface area contributed by atoms with Gasteiger partial charge in [0.15, 0.2) is 5.82 Å². The molecule has 2 aliphatic rings. The summed E-state index contributed by atoms with van der Waals surface area (Å²) in [5, 5.41) is 5.22. The molecule has 2 saturated heterocycles. The number of carbonyl (C=O) groups is 1. The molecule has 4 aromatic rings. The van der Waals surface area contributed by atoms with Gasteiger partial charge in [0.2, 0.25) is 0 Å². The Balaban J connectivity index is 1.26. The third-order valence-electron chi connectivity index (χ3n) is 7.16. The average molecular weight is 443 g/mol. The molecular weight excluding hydrogens is 414 g/mol. The maximum absolute atomic E-state index is 11.8. The Kier molecular flexibility index (Phi) is 5.02. The molecule has 2 aliphatic heterocycles. The first kappa shape index (κ1) is 20.2. The number of H-pyrrole nitrogens is 1. The number of benzene rings is 2. The van der Waals surface area contributed by atoms with E-state index in [0.29, 0.717) is 17.0 Å². The molecule has 0 spiro atoms. The van der Waals surface area contributed by atoms with Crippen molar-refractivity contribution in [2.75, 3.05) is 31.1 Å². The van der Waals surface area contributed by atoms with Crippen LogP contribution >= 0.6 is 0 Å². The van der Waals surface area contributed by atoms with Gasteiger partial charge in [0.25, 0.3) is 0 Å². The summed E-state index contributed by atoms with van der Waals surface area (Å²) in [7, 11) is 0. The van der Waals surface area contributed by atoms with Gasteiger partial charge in [-0.3, -0.25) is 0 Å². The first-order valence-corrected chi connectivity index (χ1v) is 11.9. The van der Waals surface area contributed by atoms with E-state index in [1.54, 1.807) is 12.1 Å². The van der Waals surface area contributed by atoms with E-state index in [4.69, 9.17) is 10.7 Å². The van der Waals surface area contributed by atoms with Crippen molar-refractivity contribution in [2.45, 2.75) is 38.1 Å². The number of nitrogens with zero attached hydrogens (tertiary/aromatic N) is 5. The van der Waals surface area contributed by atoms with E-state index in [-0.39, 0.29) is 0 Å². The minimum Gasteiger partial charge on any atom is -0.371 e. The van der Waals surface area contributed by atoms with Gasteiger partial charge in [0, 0.05) is 30.2 Å². The van der Waals surface area contributed by atoms with Gasteiger partial charge in [-0.05, 0) is 75.2 Å². The number of likely N-dealkylation sites (tertiary alicyclic amines) is 1. The number of primary amides is 1. The normalized spacial score (nSPS) is 18.4. The maximum atomic E-state index is 11.8. The predicted molar refractivity (Wildman–Crippen MR) is 129 cm³/mol. The summed E-state index contributed by atoms with van der Waals surface area (Å²) in [4.78, 5) is 25.2. The summed E-state index contributed by atoms with van der Waals surface area (Å²) in [6, 6.07) is 14.9. The van der Waals surface area contributed by atoms with E-state index >= 15 is 0 Å². The number of nitrogens with two attached hydrogens (primary N) is 1. The Morgan fingerprint density at radius 2 is 1.91 bits per heavy atom. The lowest BCUT2D eigenvalue weighted by atomic mass is 9.99. The van der Waals surface area contributed by atoms with Gasteiger partial charge in [-0.25, -0.2) is 9.78 Å². The highest BCUT2D eigenvalue weighted by Crippen LogP contribution is 2.30.